The Kier molecular flexibility index (Phi) is 4.38. The highest BCUT2D eigenvalue weighted by Gasteiger charge is 2.29. The van der Waals surface area contributed by atoms with Crippen molar-refractivity contribution in [2.45, 2.75) is 38.3 Å². The van der Waals surface area contributed by atoms with Crippen LogP contribution in [0.15, 0.2) is 55.4 Å². The fourth-order valence-corrected chi connectivity index (χ4v) is 3.23. The van der Waals surface area contributed by atoms with Crippen LogP contribution in [-0.4, -0.2) is 21.5 Å². The van der Waals surface area contributed by atoms with Gasteiger partial charge in [-0.15, -0.1) is 0 Å². The molecule has 1 aliphatic rings. The molecule has 3 rings (SSSR count). The van der Waals surface area contributed by atoms with Gasteiger partial charge in [0, 0.05) is 35.5 Å². The topological polar surface area (TPSA) is 49.8 Å². The lowest BCUT2D eigenvalue weighted by molar-refractivity contribution is 0.324. The van der Waals surface area contributed by atoms with Crippen molar-refractivity contribution in [3.8, 4) is 11.3 Å². The van der Waals surface area contributed by atoms with Crippen molar-refractivity contribution in [3.63, 3.8) is 0 Å². The Morgan fingerprint density at radius 2 is 2.00 bits per heavy atom. The molecule has 4 nitrogen and oxygen atoms in total. The van der Waals surface area contributed by atoms with Gasteiger partial charge < -0.3 is 10.6 Å². The first kappa shape index (κ1) is 16.2. The maximum absolute atomic E-state index is 4.67. The van der Waals surface area contributed by atoms with Crippen molar-refractivity contribution in [2.75, 3.05) is 5.32 Å². The normalized spacial score (nSPS) is 19.4. The molecule has 24 heavy (non-hydrogen) atoms. The molecule has 4 heteroatoms. The Balaban J connectivity index is 1.77. The number of nitrogens with one attached hydrogen (secondary N) is 2. The molecule has 1 fully saturated rings. The zero-order chi connectivity index (χ0) is 17.2. The fourth-order valence-electron chi connectivity index (χ4n) is 3.23. The smallest absolute Gasteiger partial charge is 0.223 e. The average molecular weight is 320 g/mol. The lowest BCUT2D eigenvalue weighted by Gasteiger charge is -2.38. The van der Waals surface area contributed by atoms with Crippen molar-refractivity contribution in [1.82, 2.24) is 15.3 Å². The Bertz CT molecular complexity index is 746. The van der Waals surface area contributed by atoms with Crippen LogP contribution in [-0.2, 0) is 0 Å². The molecule has 0 radical (unpaired) electrons. The summed E-state index contributed by atoms with van der Waals surface area (Å²) < 4.78 is 0. The molecular formula is C20H24N4. The lowest BCUT2D eigenvalue weighted by atomic mass is 9.88. The molecule has 0 saturated carbocycles. The van der Waals surface area contributed by atoms with E-state index in [0.717, 1.165) is 35.4 Å². The van der Waals surface area contributed by atoms with Crippen molar-refractivity contribution in [3.05, 3.63) is 60.9 Å². The van der Waals surface area contributed by atoms with Gasteiger partial charge in [0.2, 0.25) is 5.95 Å². The number of benzene rings is 1. The van der Waals surface area contributed by atoms with Gasteiger partial charge in [0.25, 0.3) is 0 Å². The van der Waals surface area contributed by atoms with E-state index in [2.05, 4.69) is 59.7 Å². The first-order valence-corrected chi connectivity index (χ1v) is 8.24. The van der Waals surface area contributed by atoms with Gasteiger partial charge in [0.1, 0.15) is 0 Å². The standard InChI is InChI=1S/C20H24N4/c1-5-15-6-8-16(9-7-15)18-10-11-21-19(23-18)22-17-12-14(2)24-20(3,4)13-17/h5-11,17,24H,1-2,12-13H2,3-4H3,(H,21,22,23). The van der Waals surface area contributed by atoms with Gasteiger partial charge in [-0.1, -0.05) is 43.5 Å². The number of anilines is 1. The summed E-state index contributed by atoms with van der Waals surface area (Å²) in [4.78, 5) is 9.04. The Labute approximate surface area is 143 Å². The molecule has 1 aromatic heterocycles. The van der Waals surface area contributed by atoms with Gasteiger partial charge in [-0.05, 0) is 31.9 Å². The zero-order valence-electron chi connectivity index (χ0n) is 14.3. The summed E-state index contributed by atoms with van der Waals surface area (Å²) in [6, 6.07) is 10.4. The molecule has 0 amide bonds. The number of hydrogen-bond donors (Lipinski definition) is 2. The lowest BCUT2D eigenvalue weighted by Crippen LogP contribution is -2.48. The van der Waals surface area contributed by atoms with Crippen molar-refractivity contribution in [2.24, 2.45) is 0 Å². The van der Waals surface area contributed by atoms with Crippen LogP contribution in [0.25, 0.3) is 17.3 Å². The predicted octanol–water partition coefficient (Wildman–Crippen LogP) is 4.24. The first-order valence-electron chi connectivity index (χ1n) is 8.24. The minimum absolute atomic E-state index is 0.0329. The van der Waals surface area contributed by atoms with E-state index in [9.17, 15) is 0 Å². The molecule has 1 aliphatic heterocycles. The van der Waals surface area contributed by atoms with E-state index in [4.69, 9.17) is 0 Å². The van der Waals surface area contributed by atoms with Gasteiger partial charge >= 0.3 is 0 Å². The SMILES string of the molecule is C=Cc1ccc(-c2ccnc(NC3CC(=C)NC(C)(C)C3)n2)cc1. The third kappa shape index (κ3) is 3.82. The second-order valence-corrected chi connectivity index (χ2v) is 6.95. The van der Waals surface area contributed by atoms with E-state index in [-0.39, 0.29) is 11.6 Å². The van der Waals surface area contributed by atoms with Crippen LogP contribution in [0.3, 0.4) is 0 Å². The summed E-state index contributed by atoms with van der Waals surface area (Å²) in [6.07, 6.45) is 5.51. The van der Waals surface area contributed by atoms with Gasteiger partial charge in [0.15, 0.2) is 0 Å². The van der Waals surface area contributed by atoms with Gasteiger partial charge in [0.05, 0.1) is 5.69 Å². The van der Waals surface area contributed by atoms with E-state index in [1.807, 2.05) is 24.3 Å². The Morgan fingerprint density at radius 3 is 2.67 bits per heavy atom. The minimum Gasteiger partial charge on any atom is -0.384 e. The monoisotopic (exact) mass is 320 g/mol. The number of nitrogens with zero attached hydrogens (tertiary/aromatic N) is 2. The van der Waals surface area contributed by atoms with E-state index < -0.39 is 0 Å². The summed E-state index contributed by atoms with van der Waals surface area (Å²) in [5.74, 6) is 0.663. The summed E-state index contributed by atoms with van der Waals surface area (Å²) >= 11 is 0. The molecule has 1 saturated heterocycles. The van der Waals surface area contributed by atoms with Crippen LogP contribution in [0.1, 0.15) is 32.3 Å². The van der Waals surface area contributed by atoms with Crippen LogP contribution in [0.4, 0.5) is 5.95 Å². The number of piperidine rings is 1. The molecule has 0 spiro atoms. The van der Waals surface area contributed by atoms with E-state index in [1.165, 1.54) is 0 Å². The van der Waals surface area contributed by atoms with Crippen LogP contribution in [0, 0.1) is 0 Å². The predicted molar refractivity (Wildman–Crippen MR) is 101 cm³/mol. The molecule has 2 aromatic rings. The molecular weight excluding hydrogens is 296 g/mol. The van der Waals surface area contributed by atoms with Crippen molar-refractivity contribution in [1.29, 1.82) is 0 Å². The summed E-state index contributed by atoms with van der Waals surface area (Å²) in [5.41, 5.74) is 4.17. The average Bonchev–Trinajstić information content (AvgIpc) is 2.53. The molecule has 1 unspecified atom stereocenters. The zero-order valence-corrected chi connectivity index (χ0v) is 14.3. The van der Waals surface area contributed by atoms with Gasteiger partial charge in [-0.25, -0.2) is 9.97 Å². The molecule has 1 aromatic carbocycles. The van der Waals surface area contributed by atoms with Crippen LogP contribution >= 0.6 is 0 Å². The van der Waals surface area contributed by atoms with Crippen molar-refractivity contribution < 1.29 is 0 Å². The highest BCUT2D eigenvalue weighted by Crippen LogP contribution is 2.26. The number of rotatable bonds is 4. The third-order valence-corrected chi connectivity index (χ3v) is 4.20. The Morgan fingerprint density at radius 1 is 1.25 bits per heavy atom. The van der Waals surface area contributed by atoms with E-state index >= 15 is 0 Å². The molecule has 0 bridgehead atoms. The highest BCUT2D eigenvalue weighted by atomic mass is 15.1. The molecule has 1 atom stereocenters. The Hall–Kier alpha value is -2.62. The third-order valence-electron chi connectivity index (χ3n) is 4.20. The molecule has 0 aliphatic carbocycles. The minimum atomic E-state index is 0.0329. The van der Waals surface area contributed by atoms with Gasteiger partial charge in [-0.2, -0.15) is 0 Å². The van der Waals surface area contributed by atoms with Crippen LogP contribution in [0.2, 0.25) is 0 Å². The second-order valence-electron chi connectivity index (χ2n) is 6.95. The first-order chi connectivity index (χ1) is 11.4. The molecule has 2 heterocycles. The van der Waals surface area contributed by atoms with E-state index in [1.54, 1.807) is 6.20 Å². The fraction of sp³-hybridized carbons (Fsp3) is 0.300. The van der Waals surface area contributed by atoms with Crippen molar-refractivity contribution >= 4 is 12.0 Å². The van der Waals surface area contributed by atoms with Crippen LogP contribution in [0.5, 0.6) is 0 Å². The number of aromatic nitrogens is 2. The molecule has 124 valence electrons. The summed E-state index contributed by atoms with van der Waals surface area (Å²) in [7, 11) is 0. The summed E-state index contributed by atoms with van der Waals surface area (Å²) in [5, 5.41) is 6.90. The van der Waals surface area contributed by atoms with E-state index in [0.29, 0.717) is 5.95 Å². The quantitative estimate of drug-likeness (QED) is 0.884. The largest absolute Gasteiger partial charge is 0.384 e. The molecule has 2 N–H and O–H groups in total. The maximum atomic E-state index is 4.67. The maximum Gasteiger partial charge on any atom is 0.223 e. The highest BCUT2D eigenvalue weighted by molar-refractivity contribution is 5.62. The number of hydrogen-bond acceptors (Lipinski definition) is 4. The summed E-state index contributed by atoms with van der Waals surface area (Å²) in [6.45, 7) is 12.2. The van der Waals surface area contributed by atoms with Crippen LogP contribution < -0.4 is 10.6 Å². The van der Waals surface area contributed by atoms with Gasteiger partial charge in [-0.3, -0.25) is 0 Å². The second kappa shape index (κ2) is 6.48.